The summed E-state index contributed by atoms with van der Waals surface area (Å²) in [5.74, 6) is 2.29. The van der Waals surface area contributed by atoms with Gasteiger partial charge in [-0.2, -0.15) is 0 Å². The van der Waals surface area contributed by atoms with E-state index in [0.717, 1.165) is 10.2 Å². The molecule has 0 saturated heterocycles. The molecule has 0 spiro atoms. The second kappa shape index (κ2) is 5.95. The van der Waals surface area contributed by atoms with Gasteiger partial charge in [0.1, 0.15) is 13.2 Å². The van der Waals surface area contributed by atoms with Gasteiger partial charge in [-0.15, -0.1) is 0 Å². The summed E-state index contributed by atoms with van der Waals surface area (Å²) < 4.78 is 22.6. The number of thiazole rings is 1. The molecular formula is C17H13N3O5S. The van der Waals surface area contributed by atoms with E-state index >= 15 is 0 Å². The minimum Gasteiger partial charge on any atom is -0.486 e. The quantitative estimate of drug-likeness (QED) is 0.684. The number of hydrogen-bond acceptors (Lipinski definition) is 8. The molecular weight excluding hydrogens is 358 g/mol. The van der Waals surface area contributed by atoms with Gasteiger partial charge in [0.05, 0.1) is 10.2 Å². The van der Waals surface area contributed by atoms with Gasteiger partial charge in [0.25, 0.3) is 5.91 Å². The third-order valence-corrected chi connectivity index (χ3v) is 4.90. The average Bonchev–Trinajstić information content (AvgIpc) is 3.29. The van der Waals surface area contributed by atoms with Crippen LogP contribution in [0.15, 0.2) is 30.3 Å². The van der Waals surface area contributed by atoms with Crippen LogP contribution in [0.5, 0.6) is 23.0 Å². The molecule has 132 valence electrons. The van der Waals surface area contributed by atoms with Crippen LogP contribution in [0.4, 0.5) is 5.13 Å². The third-order valence-electron chi connectivity index (χ3n) is 3.97. The highest BCUT2D eigenvalue weighted by atomic mass is 32.1. The van der Waals surface area contributed by atoms with Crippen LogP contribution < -0.4 is 29.8 Å². The van der Waals surface area contributed by atoms with E-state index in [1.54, 1.807) is 18.2 Å². The Bertz CT molecular complexity index is 978. The van der Waals surface area contributed by atoms with Crippen LogP contribution in [-0.2, 0) is 0 Å². The number of ether oxygens (including phenoxy) is 4. The molecule has 0 atom stereocenters. The Morgan fingerprint density at radius 3 is 2.62 bits per heavy atom. The van der Waals surface area contributed by atoms with Crippen LogP contribution >= 0.6 is 11.3 Å². The van der Waals surface area contributed by atoms with Gasteiger partial charge in [-0.3, -0.25) is 15.6 Å². The fraction of sp³-hybridized carbons (Fsp3) is 0.176. The van der Waals surface area contributed by atoms with Crippen LogP contribution in [0.25, 0.3) is 10.2 Å². The number of rotatable bonds is 3. The van der Waals surface area contributed by atoms with Gasteiger partial charge >= 0.3 is 0 Å². The third kappa shape index (κ3) is 2.62. The Morgan fingerprint density at radius 2 is 1.73 bits per heavy atom. The molecule has 2 aliphatic rings. The zero-order valence-electron chi connectivity index (χ0n) is 13.4. The molecule has 0 radical (unpaired) electrons. The first-order valence-corrected chi connectivity index (χ1v) is 8.74. The topological polar surface area (TPSA) is 90.9 Å². The molecule has 26 heavy (non-hydrogen) atoms. The van der Waals surface area contributed by atoms with Crippen molar-refractivity contribution < 1.29 is 23.7 Å². The fourth-order valence-electron chi connectivity index (χ4n) is 2.74. The van der Waals surface area contributed by atoms with Gasteiger partial charge in [-0.1, -0.05) is 11.3 Å². The molecule has 3 heterocycles. The van der Waals surface area contributed by atoms with Crippen LogP contribution in [0.2, 0.25) is 0 Å². The van der Waals surface area contributed by atoms with Crippen LogP contribution in [0, 0.1) is 0 Å². The summed E-state index contributed by atoms with van der Waals surface area (Å²) in [6, 6.07) is 8.76. The fourth-order valence-corrected chi connectivity index (χ4v) is 3.57. The van der Waals surface area contributed by atoms with Gasteiger partial charge < -0.3 is 18.9 Å². The zero-order chi connectivity index (χ0) is 17.5. The normalized spacial score (nSPS) is 14.3. The number of aromatic nitrogens is 1. The molecule has 5 rings (SSSR count). The molecule has 1 aromatic heterocycles. The van der Waals surface area contributed by atoms with E-state index in [-0.39, 0.29) is 12.7 Å². The van der Waals surface area contributed by atoms with Crippen molar-refractivity contribution in [2.45, 2.75) is 0 Å². The van der Waals surface area contributed by atoms with E-state index in [1.165, 1.54) is 11.3 Å². The van der Waals surface area contributed by atoms with Crippen molar-refractivity contribution in [3.63, 3.8) is 0 Å². The Kier molecular flexibility index (Phi) is 3.45. The number of amides is 1. The second-order valence-corrected chi connectivity index (χ2v) is 6.66. The highest BCUT2D eigenvalue weighted by Gasteiger charge is 2.18. The van der Waals surface area contributed by atoms with Gasteiger partial charge in [0.15, 0.2) is 23.0 Å². The van der Waals surface area contributed by atoms with E-state index in [2.05, 4.69) is 15.8 Å². The van der Waals surface area contributed by atoms with Gasteiger partial charge in [-0.05, 0) is 18.2 Å². The number of hydrazine groups is 1. The molecule has 0 bridgehead atoms. The smallest absolute Gasteiger partial charge is 0.269 e. The minimum absolute atomic E-state index is 0.226. The van der Waals surface area contributed by atoms with Crippen molar-refractivity contribution in [1.29, 1.82) is 0 Å². The number of carbonyl (C=O) groups is 1. The monoisotopic (exact) mass is 371 g/mol. The van der Waals surface area contributed by atoms with E-state index < -0.39 is 0 Å². The maximum Gasteiger partial charge on any atom is 0.269 e. The number of carbonyl (C=O) groups excluding carboxylic acids is 1. The summed E-state index contributed by atoms with van der Waals surface area (Å²) in [7, 11) is 0. The van der Waals surface area contributed by atoms with Crippen molar-refractivity contribution in [2.75, 3.05) is 25.4 Å². The molecule has 0 fully saturated rings. The van der Waals surface area contributed by atoms with Crippen molar-refractivity contribution in [2.24, 2.45) is 0 Å². The molecule has 9 heteroatoms. The molecule has 3 aromatic rings. The Labute approximate surface area is 151 Å². The Balaban J connectivity index is 1.31. The predicted molar refractivity (Wildman–Crippen MR) is 94.3 cm³/mol. The number of fused-ring (bicyclic) bond motifs is 3. The maximum absolute atomic E-state index is 12.3. The molecule has 8 nitrogen and oxygen atoms in total. The SMILES string of the molecule is O=C(NNc1nc2cc3c(cc2s1)OCO3)c1ccc2c(c1)OCCO2. The molecule has 2 aliphatic heterocycles. The lowest BCUT2D eigenvalue weighted by molar-refractivity contribution is 0.0961. The van der Waals surface area contributed by atoms with E-state index in [1.807, 2.05) is 12.1 Å². The van der Waals surface area contributed by atoms with E-state index in [4.69, 9.17) is 18.9 Å². The summed E-state index contributed by atoms with van der Waals surface area (Å²) >= 11 is 1.41. The summed E-state index contributed by atoms with van der Waals surface area (Å²) in [6.45, 7) is 1.21. The zero-order valence-corrected chi connectivity index (χ0v) is 14.2. The first-order chi connectivity index (χ1) is 12.8. The van der Waals surface area contributed by atoms with Gasteiger partial charge in [0, 0.05) is 17.7 Å². The Hall–Kier alpha value is -3.20. The molecule has 2 N–H and O–H groups in total. The molecule has 2 aromatic carbocycles. The van der Waals surface area contributed by atoms with Crippen LogP contribution in [0.1, 0.15) is 10.4 Å². The van der Waals surface area contributed by atoms with E-state index in [9.17, 15) is 4.79 Å². The lowest BCUT2D eigenvalue weighted by Crippen LogP contribution is -2.29. The van der Waals surface area contributed by atoms with Crippen molar-refractivity contribution in [1.82, 2.24) is 10.4 Å². The van der Waals surface area contributed by atoms with Crippen molar-refractivity contribution in [3.8, 4) is 23.0 Å². The number of hydrogen-bond donors (Lipinski definition) is 2. The van der Waals surface area contributed by atoms with Crippen LogP contribution in [0.3, 0.4) is 0 Å². The first-order valence-electron chi connectivity index (χ1n) is 7.92. The Morgan fingerprint density at radius 1 is 0.962 bits per heavy atom. The number of nitrogens with zero attached hydrogens (tertiary/aromatic N) is 1. The lowest BCUT2D eigenvalue weighted by Gasteiger charge is -2.18. The lowest BCUT2D eigenvalue weighted by atomic mass is 10.2. The molecule has 0 unspecified atom stereocenters. The standard InChI is InChI=1S/C17H13N3O5S/c21-16(9-1-2-11-12(5-9)23-4-3-22-11)19-20-17-18-10-6-13-14(25-8-24-13)7-15(10)26-17/h1-2,5-7H,3-4,8H2,(H,18,20)(H,19,21). The largest absolute Gasteiger partial charge is 0.486 e. The minimum atomic E-state index is -0.296. The molecule has 0 aliphatic carbocycles. The predicted octanol–water partition coefficient (Wildman–Crippen LogP) is 2.55. The summed E-state index contributed by atoms with van der Waals surface area (Å²) in [5.41, 5.74) is 6.72. The second-order valence-electron chi connectivity index (χ2n) is 5.63. The van der Waals surface area contributed by atoms with Gasteiger partial charge in [0.2, 0.25) is 11.9 Å². The van der Waals surface area contributed by atoms with Gasteiger partial charge in [-0.25, -0.2) is 4.98 Å². The number of anilines is 1. The highest BCUT2D eigenvalue weighted by molar-refractivity contribution is 7.22. The summed E-state index contributed by atoms with van der Waals surface area (Å²) in [5, 5.41) is 0.564. The van der Waals surface area contributed by atoms with Crippen molar-refractivity contribution >= 4 is 32.6 Å². The molecule has 1 amide bonds. The summed E-state index contributed by atoms with van der Waals surface area (Å²) in [6.07, 6.45) is 0. The first kappa shape index (κ1) is 15.1. The van der Waals surface area contributed by atoms with Crippen molar-refractivity contribution in [3.05, 3.63) is 35.9 Å². The molecule has 0 saturated carbocycles. The maximum atomic E-state index is 12.3. The highest BCUT2D eigenvalue weighted by Crippen LogP contribution is 2.38. The average molecular weight is 371 g/mol. The van der Waals surface area contributed by atoms with E-state index in [0.29, 0.717) is 46.9 Å². The number of benzene rings is 2. The summed E-state index contributed by atoms with van der Waals surface area (Å²) in [4.78, 5) is 16.8. The number of nitrogens with one attached hydrogen (secondary N) is 2. The van der Waals surface area contributed by atoms with Crippen LogP contribution in [-0.4, -0.2) is 30.9 Å².